The summed E-state index contributed by atoms with van der Waals surface area (Å²) in [6, 6.07) is 16.1. The van der Waals surface area contributed by atoms with E-state index in [4.69, 9.17) is 0 Å². The molecular weight excluding hydrogens is 348 g/mol. The van der Waals surface area contributed by atoms with Crippen LogP contribution in [0.4, 0.5) is 0 Å². The molecule has 2 aromatic heterocycles. The van der Waals surface area contributed by atoms with Crippen molar-refractivity contribution in [3.05, 3.63) is 93.5 Å². The van der Waals surface area contributed by atoms with E-state index in [0.717, 1.165) is 27.9 Å². The fourth-order valence-corrected chi connectivity index (χ4v) is 3.25. The summed E-state index contributed by atoms with van der Waals surface area (Å²) in [6.45, 7) is 6.44. The van der Waals surface area contributed by atoms with Crippen LogP contribution in [-0.4, -0.2) is 19.6 Å². The highest BCUT2D eigenvalue weighted by Gasteiger charge is 2.14. The van der Waals surface area contributed by atoms with Gasteiger partial charge in [0, 0.05) is 5.39 Å². The van der Waals surface area contributed by atoms with Gasteiger partial charge in [-0.2, -0.15) is 10.2 Å². The SMILES string of the molecule is Cc1ccc(-n2ncc3c(C)nn(C/C=C/c4ccccc4)c(=O)c32)cc1C. The Hall–Kier alpha value is -3.47. The molecular formula is C23H22N4O. The molecule has 0 spiro atoms. The lowest BCUT2D eigenvalue weighted by Gasteiger charge is -2.08. The van der Waals surface area contributed by atoms with Crippen LogP contribution >= 0.6 is 0 Å². The second-order valence-electron chi connectivity index (χ2n) is 6.97. The zero-order chi connectivity index (χ0) is 19.7. The predicted octanol–water partition coefficient (Wildman–Crippen LogP) is 4.22. The molecule has 0 unspecified atom stereocenters. The van der Waals surface area contributed by atoms with Gasteiger partial charge in [0.05, 0.1) is 24.1 Å². The summed E-state index contributed by atoms with van der Waals surface area (Å²) in [4.78, 5) is 13.1. The molecule has 0 aliphatic heterocycles. The molecule has 0 aliphatic carbocycles. The third-order valence-electron chi connectivity index (χ3n) is 4.99. The molecule has 0 fully saturated rings. The van der Waals surface area contributed by atoms with Gasteiger partial charge in [0.25, 0.3) is 5.56 Å². The van der Waals surface area contributed by atoms with Crippen molar-refractivity contribution in [2.75, 3.05) is 0 Å². The van der Waals surface area contributed by atoms with Crippen molar-refractivity contribution in [2.24, 2.45) is 0 Å². The van der Waals surface area contributed by atoms with Crippen LogP contribution in [0.25, 0.3) is 22.7 Å². The van der Waals surface area contributed by atoms with Crippen LogP contribution in [0.5, 0.6) is 0 Å². The van der Waals surface area contributed by atoms with E-state index in [1.807, 2.05) is 61.5 Å². The minimum absolute atomic E-state index is 0.144. The van der Waals surface area contributed by atoms with Crippen LogP contribution in [0, 0.1) is 20.8 Å². The summed E-state index contributed by atoms with van der Waals surface area (Å²) < 4.78 is 3.21. The maximum absolute atomic E-state index is 13.1. The first kappa shape index (κ1) is 17.9. The second-order valence-corrected chi connectivity index (χ2v) is 6.97. The van der Waals surface area contributed by atoms with E-state index >= 15 is 0 Å². The van der Waals surface area contributed by atoms with E-state index in [2.05, 4.69) is 30.1 Å². The molecule has 140 valence electrons. The van der Waals surface area contributed by atoms with E-state index in [1.54, 1.807) is 10.9 Å². The van der Waals surface area contributed by atoms with Crippen molar-refractivity contribution in [1.82, 2.24) is 19.6 Å². The van der Waals surface area contributed by atoms with Crippen molar-refractivity contribution in [2.45, 2.75) is 27.3 Å². The molecule has 0 amide bonds. The van der Waals surface area contributed by atoms with Gasteiger partial charge in [-0.05, 0) is 49.6 Å². The first-order chi connectivity index (χ1) is 13.5. The lowest BCUT2D eigenvalue weighted by atomic mass is 10.1. The molecule has 0 saturated carbocycles. The number of rotatable bonds is 4. The Morgan fingerprint density at radius 2 is 1.79 bits per heavy atom. The van der Waals surface area contributed by atoms with Crippen molar-refractivity contribution < 1.29 is 0 Å². The number of allylic oxidation sites excluding steroid dienone is 1. The van der Waals surface area contributed by atoms with Crippen molar-refractivity contribution in [3.8, 4) is 5.69 Å². The second kappa shape index (κ2) is 7.27. The number of benzene rings is 2. The van der Waals surface area contributed by atoms with Crippen LogP contribution in [0.1, 0.15) is 22.4 Å². The van der Waals surface area contributed by atoms with Gasteiger partial charge in [0.1, 0.15) is 5.52 Å². The molecule has 2 heterocycles. The zero-order valence-electron chi connectivity index (χ0n) is 16.3. The smallest absolute Gasteiger partial charge is 0.265 e. The topological polar surface area (TPSA) is 52.7 Å². The number of aryl methyl sites for hydroxylation is 3. The number of fused-ring (bicyclic) bond motifs is 1. The highest BCUT2D eigenvalue weighted by Crippen LogP contribution is 2.19. The largest absolute Gasteiger partial charge is 0.293 e. The highest BCUT2D eigenvalue weighted by molar-refractivity contribution is 5.81. The van der Waals surface area contributed by atoms with Crippen molar-refractivity contribution in [3.63, 3.8) is 0 Å². The molecule has 2 aromatic carbocycles. The molecule has 5 nitrogen and oxygen atoms in total. The molecule has 5 heteroatoms. The fourth-order valence-electron chi connectivity index (χ4n) is 3.25. The molecule has 0 aliphatic rings. The summed E-state index contributed by atoms with van der Waals surface area (Å²) >= 11 is 0. The van der Waals surface area contributed by atoms with Crippen LogP contribution in [0.3, 0.4) is 0 Å². The lowest BCUT2D eigenvalue weighted by Crippen LogP contribution is -2.25. The van der Waals surface area contributed by atoms with Gasteiger partial charge < -0.3 is 0 Å². The Morgan fingerprint density at radius 1 is 1.00 bits per heavy atom. The monoisotopic (exact) mass is 370 g/mol. The van der Waals surface area contributed by atoms with Gasteiger partial charge in [-0.25, -0.2) is 9.36 Å². The molecule has 0 saturated heterocycles. The number of hydrogen-bond donors (Lipinski definition) is 0. The van der Waals surface area contributed by atoms with Crippen LogP contribution < -0.4 is 5.56 Å². The Balaban J connectivity index is 1.77. The Bertz CT molecular complexity index is 1230. The predicted molar refractivity (Wildman–Crippen MR) is 113 cm³/mol. The first-order valence-corrected chi connectivity index (χ1v) is 9.29. The summed E-state index contributed by atoms with van der Waals surface area (Å²) in [5.74, 6) is 0. The molecule has 0 radical (unpaired) electrons. The standard InChI is InChI=1S/C23H22N4O/c1-16-11-12-20(14-17(16)2)27-22-21(15-24-27)18(3)25-26(23(22)28)13-7-10-19-8-5-4-6-9-19/h4-12,14-15H,13H2,1-3H3/b10-7+. The van der Waals surface area contributed by atoms with Gasteiger partial charge in [-0.15, -0.1) is 0 Å². The zero-order valence-corrected chi connectivity index (χ0v) is 16.3. The molecule has 4 rings (SSSR count). The minimum atomic E-state index is -0.144. The maximum atomic E-state index is 13.1. The summed E-state index contributed by atoms with van der Waals surface area (Å²) in [5.41, 5.74) is 5.55. The van der Waals surface area contributed by atoms with Crippen LogP contribution in [0.2, 0.25) is 0 Å². The van der Waals surface area contributed by atoms with Crippen LogP contribution in [0.15, 0.2) is 65.6 Å². The average molecular weight is 370 g/mol. The molecule has 4 aromatic rings. The van der Waals surface area contributed by atoms with E-state index in [9.17, 15) is 4.79 Å². The number of nitrogens with zero attached hydrogens (tertiary/aromatic N) is 4. The third-order valence-corrected chi connectivity index (χ3v) is 4.99. The maximum Gasteiger partial charge on any atom is 0.293 e. The third kappa shape index (κ3) is 3.27. The average Bonchev–Trinajstić information content (AvgIpc) is 3.15. The summed E-state index contributed by atoms with van der Waals surface area (Å²) in [6.07, 6.45) is 5.67. The highest BCUT2D eigenvalue weighted by atomic mass is 16.1. The molecule has 0 atom stereocenters. The Morgan fingerprint density at radius 3 is 2.54 bits per heavy atom. The molecule has 0 N–H and O–H groups in total. The number of hydrogen-bond acceptors (Lipinski definition) is 3. The lowest BCUT2D eigenvalue weighted by molar-refractivity contribution is 0.648. The number of aromatic nitrogens is 4. The van der Waals surface area contributed by atoms with E-state index < -0.39 is 0 Å². The van der Waals surface area contributed by atoms with Gasteiger partial charge in [0.2, 0.25) is 0 Å². The normalized spacial score (nSPS) is 11.5. The summed E-state index contributed by atoms with van der Waals surface area (Å²) in [5, 5.41) is 9.73. The van der Waals surface area contributed by atoms with Gasteiger partial charge in [-0.1, -0.05) is 48.6 Å². The van der Waals surface area contributed by atoms with Gasteiger partial charge in [-0.3, -0.25) is 4.79 Å². The Kier molecular flexibility index (Phi) is 4.65. The van der Waals surface area contributed by atoms with Crippen molar-refractivity contribution in [1.29, 1.82) is 0 Å². The fraction of sp³-hybridized carbons (Fsp3) is 0.174. The van der Waals surface area contributed by atoms with E-state index in [1.165, 1.54) is 10.2 Å². The van der Waals surface area contributed by atoms with Crippen molar-refractivity contribution >= 4 is 17.0 Å². The van der Waals surface area contributed by atoms with Gasteiger partial charge >= 0.3 is 0 Å². The molecule has 28 heavy (non-hydrogen) atoms. The first-order valence-electron chi connectivity index (χ1n) is 9.29. The summed E-state index contributed by atoms with van der Waals surface area (Å²) in [7, 11) is 0. The van der Waals surface area contributed by atoms with E-state index in [-0.39, 0.29) is 5.56 Å². The Labute approximate surface area is 163 Å². The van der Waals surface area contributed by atoms with Gasteiger partial charge in [0.15, 0.2) is 0 Å². The van der Waals surface area contributed by atoms with E-state index in [0.29, 0.717) is 12.1 Å². The molecule has 0 bridgehead atoms. The van der Waals surface area contributed by atoms with Crippen LogP contribution in [-0.2, 0) is 6.54 Å². The quantitative estimate of drug-likeness (QED) is 0.540. The minimum Gasteiger partial charge on any atom is -0.265 e.